The number of hydrogen-bond donors (Lipinski definition) is 0. The lowest BCUT2D eigenvalue weighted by Crippen LogP contribution is -2.43. The van der Waals surface area contributed by atoms with E-state index in [1.54, 1.807) is 7.11 Å². The second kappa shape index (κ2) is 6.97. The maximum absolute atomic E-state index is 6.36. The Bertz CT molecular complexity index is 188. The van der Waals surface area contributed by atoms with Crippen LogP contribution in [-0.4, -0.2) is 30.8 Å². The summed E-state index contributed by atoms with van der Waals surface area (Å²) in [6, 6.07) is 0. The largest absolute Gasteiger partial charge is 0.382 e. The lowest BCUT2D eigenvalue weighted by atomic mass is 9.86. The average molecular weight is 293 g/mol. The summed E-state index contributed by atoms with van der Waals surface area (Å²) in [5.74, 6) is 0.512. The Morgan fingerprint density at radius 1 is 1.19 bits per heavy atom. The quantitative estimate of drug-likeness (QED) is 0.694. The molecule has 1 rings (SSSR count). The van der Waals surface area contributed by atoms with Gasteiger partial charge >= 0.3 is 0 Å². The highest BCUT2D eigenvalue weighted by atomic mass is 79.9. The maximum atomic E-state index is 6.36. The molecule has 0 N–H and O–H groups in total. The first-order chi connectivity index (χ1) is 7.63. The molecule has 1 aliphatic rings. The lowest BCUT2D eigenvalue weighted by Gasteiger charge is -2.40. The van der Waals surface area contributed by atoms with Gasteiger partial charge in [0.25, 0.3) is 0 Å². The van der Waals surface area contributed by atoms with Gasteiger partial charge in [0.15, 0.2) is 0 Å². The minimum atomic E-state index is 0.0612. The van der Waals surface area contributed by atoms with Crippen LogP contribution in [0.25, 0.3) is 0 Å². The number of alkyl halides is 1. The van der Waals surface area contributed by atoms with Crippen molar-refractivity contribution < 1.29 is 9.47 Å². The van der Waals surface area contributed by atoms with Crippen LogP contribution >= 0.6 is 15.9 Å². The molecule has 1 saturated carbocycles. The van der Waals surface area contributed by atoms with Crippen molar-refractivity contribution in [1.82, 2.24) is 0 Å². The maximum Gasteiger partial charge on any atom is 0.0839 e. The molecule has 3 heteroatoms. The summed E-state index contributed by atoms with van der Waals surface area (Å²) < 4.78 is 11.6. The summed E-state index contributed by atoms with van der Waals surface area (Å²) in [5, 5.41) is 0.951. The van der Waals surface area contributed by atoms with Crippen molar-refractivity contribution in [2.45, 2.75) is 57.7 Å². The molecule has 1 aliphatic carbocycles. The van der Waals surface area contributed by atoms with Crippen LogP contribution in [0.15, 0.2) is 0 Å². The van der Waals surface area contributed by atoms with Crippen molar-refractivity contribution in [3.05, 3.63) is 0 Å². The van der Waals surface area contributed by atoms with E-state index in [2.05, 4.69) is 29.8 Å². The Balaban J connectivity index is 2.57. The average Bonchev–Trinajstić information content (AvgIpc) is 2.29. The van der Waals surface area contributed by atoms with Crippen LogP contribution in [0.4, 0.5) is 0 Å². The van der Waals surface area contributed by atoms with Crippen molar-refractivity contribution in [3.63, 3.8) is 0 Å². The van der Waals surface area contributed by atoms with E-state index in [-0.39, 0.29) is 11.7 Å². The number of methoxy groups -OCH3 is 1. The van der Waals surface area contributed by atoms with Gasteiger partial charge in [0.1, 0.15) is 0 Å². The Kier molecular flexibility index (Phi) is 6.30. The molecular formula is C13H25BrO2. The molecule has 0 amide bonds. The highest BCUT2D eigenvalue weighted by molar-refractivity contribution is 9.09. The van der Waals surface area contributed by atoms with Crippen molar-refractivity contribution in [2.75, 3.05) is 19.0 Å². The highest BCUT2D eigenvalue weighted by Crippen LogP contribution is 2.35. The molecule has 2 nitrogen and oxygen atoms in total. The number of hydrogen-bond acceptors (Lipinski definition) is 2. The summed E-state index contributed by atoms with van der Waals surface area (Å²) in [7, 11) is 1.75. The van der Waals surface area contributed by atoms with Gasteiger partial charge in [0, 0.05) is 12.4 Å². The molecule has 0 aliphatic heterocycles. The molecule has 1 unspecified atom stereocenters. The lowest BCUT2D eigenvalue weighted by molar-refractivity contribution is -0.133. The summed E-state index contributed by atoms with van der Waals surface area (Å²) in [5.41, 5.74) is 0.0612. The molecule has 0 bridgehead atoms. The molecule has 1 fully saturated rings. The zero-order chi connectivity index (χ0) is 12.0. The third-order valence-corrected chi connectivity index (χ3v) is 4.51. The van der Waals surface area contributed by atoms with Crippen LogP contribution in [-0.2, 0) is 9.47 Å². The summed E-state index contributed by atoms with van der Waals surface area (Å²) in [6.45, 7) is 5.11. The number of ether oxygens (including phenoxy) is 2. The second-order valence-corrected chi connectivity index (χ2v) is 5.79. The molecule has 0 aromatic heterocycles. The third kappa shape index (κ3) is 4.01. The van der Waals surface area contributed by atoms with Crippen LogP contribution in [0, 0.1) is 5.92 Å². The molecule has 0 spiro atoms. The standard InChI is InChI=1S/C13H25BrO2/c1-11(2)12(9-15-3)16-13(10-14)7-5-4-6-8-13/h11-12H,4-10H2,1-3H3. The van der Waals surface area contributed by atoms with Crippen molar-refractivity contribution in [2.24, 2.45) is 5.92 Å². The Hall–Kier alpha value is 0.400. The Morgan fingerprint density at radius 2 is 1.81 bits per heavy atom. The third-order valence-electron chi connectivity index (χ3n) is 3.48. The Labute approximate surface area is 108 Å². The summed E-state index contributed by atoms with van der Waals surface area (Å²) in [6.07, 6.45) is 6.54. The van der Waals surface area contributed by atoms with Crippen LogP contribution in [0.5, 0.6) is 0 Å². The van der Waals surface area contributed by atoms with Crippen LogP contribution < -0.4 is 0 Å². The van der Waals surface area contributed by atoms with E-state index in [4.69, 9.17) is 9.47 Å². The van der Waals surface area contributed by atoms with Crippen molar-refractivity contribution >= 4 is 15.9 Å². The highest BCUT2D eigenvalue weighted by Gasteiger charge is 2.35. The molecule has 16 heavy (non-hydrogen) atoms. The monoisotopic (exact) mass is 292 g/mol. The normalized spacial score (nSPS) is 22.3. The van der Waals surface area contributed by atoms with E-state index in [1.165, 1.54) is 32.1 Å². The fourth-order valence-corrected chi connectivity index (χ4v) is 3.02. The fourth-order valence-electron chi connectivity index (χ4n) is 2.33. The first kappa shape index (κ1) is 14.5. The van der Waals surface area contributed by atoms with Crippen LogP contribution in [0.3, 0.4) is 0 Å². The molecular weight excluding hydrogens is 268 g/mol. The molecule has 1 atom stereocenters. The van der Waals surface area contributed by atoms with Gasteiger partial charge in [-0.3, -0.25) is 0 Å². The molecule has 0 saturated heterocycles. The zero-order valence-electron chi connectivity index (χ0n) is 10.8. The summed E-state index contributed by atoms with van der Waals surface area (Å²) in [4.78, 5) is 0. The predicted molar refractivity (Wildman–Crippen MR) is 71.2 cm³/mol. The van der Waals surface area contributed by atoms with Gasteiger partial charge in [-0.2, -0.15) is 0 Å². The van der Waals surface area contributed by atoms with E-state index >= 15 is 0 Å². The van der Waals surface area contributed by atoms with Crippen LogP contribution in [0.2, 0.25) is 0 Å². The van der Waals surface area contributed by atoms with Crippen molar-refractivity contribution in [3.8, 4) is 0 Å². The van der Waals surface area contributed by atoms with Gasteiger partial charge in [0.2, 0.25) is 0 Å². The van der Waals surface area contributed by atoms with E-state index in [9.17, 15) is 0 Å². The van der Waals surface area contributed by atoms with Gasteiger partial charge in [-0.25, -0.2) is 0 Å². The first-order valence-electron chi connectivity index (χ1n) is 6.36. The topological polar surface area (TPSA) is 18.5 Å². The number of rotatable bonds is 6. The van der Waals surface area contributed by atoms with Gasteiger partial charge in [-0.15, -0.1) is 0 Å². The zero-order valence-corrected chi connectivity index (χ0v) is 12.4. The minimum Gasteiger partial charge on any atom is -0.382 e. The van der Waals surface area contributed by atoms with Gasteiger partial charge < -0.3 is 9.47 Å². The van der Waals surface area contributed by atoms with E-state index in [0.717, 1.165) is 5.33 Å². The molecule has 0 aromatic carbocycles. The SMILES string of the molecule is COCC(OC1(CBr)CCCCC1)C(C)C. The molecule has 0 radical (unpaired) electrons. The summed E-state index contributed by atoms with van der Waals surface area (Å²) >= 11 is 3.63. The first-order valence-corrected chi connectivity index (χ1v) is 7.48. The minimum absolute atomic E-state index is 0.0612. The number of halogens is 1. The molecule has 96 valence electrons. The fraction of sp³-hybridized carbons (Fsp3) is 1.00. The van der Waals surface area contributed by atoms with Gasteiger partial charge in [-0.1, -0.05) is 49.0 Å². The van der Waals surface area contributed by atoms with Crippen LogP contribution in [0.1, 0.15) is 46.0 Å². The van der Waals surface area contributed by atoms with Gasteiger partial charge in [-0.05, 0) is 18.8 Å². The smallest absolute Gasteiger partial charge is 0.0839 e. The van der Waals surface area contributed by atoms with E-state index in [1.807, 2.05) is 0 Å². The van der Waals surface area contributed by atoms with E-state index < -0.39 is 0 Å². The molecule has 0 aromatic rings. The molecule has 0 heterocycles. The van der Waals surface area contributed by atoms with Crippen molar-refractivity contribution in [1.29, 1.82) is 0 Å². The van der Waals surface area contributed by atoms with Gasteiger partial charge in [0.05, 0.1) is 18.3 Å². The predicted octanol–water partition coefficient (Wildman–Crippen LogP) is 3.77. The second-order valence-electron chi connectivity index (χ2n) is 5.23. The Morgan fingerprint density at radius 3 is 2.25 bits per heavy atom. The van der Waals surface area contributed by atoms with E-state index in [0.29, 0.717) is 12.5 Å².